The number of hydrogen-bond donors (Lipinski definition) is 1. The molecule has 1 aromatic rings. The number of carbonyl (C=O) groups excluding carboxylic acids is 1. The number of carboxylic acid groups (broad SMARTS) is 1. The van der Waals surface area contributed by atoms with Gasteiger partial charge in [0.15, 0.2) is 6.04 Å². The first-order valence-corrected chi connectivity index (χ1v) is 5.76. The van der Waals surface area contributed by atoms with Crippen LogP contribution in [0.4, 0.5) is 0 Å². The van der Waals surface area contributed by atoms with E-state index in [4.69, 9.17) is 9.84 Å². The van der Waals surface area contributed by atoms with Gasteiger partial charge >= 0.3 is 5.97 Å². The Morgan fingerprint density at radius 1 is 1.44 bits per heavy atom. The number of amides is 1. The van der Waals surface area contributed by atoms with E-state index in [9.17, 15) is 9.59 Å². The molecule has 0 bridgehead atoms. The lowest BCUT2D eigenvalue weighted by Gasteiger charge is -2.32. The molecule has 1 N–H and O–H groups in total. The van der Waals surface area contributed by atoms with Gasteiger partial charge in [0.1, 0.15) is 5.69 Å². The van der Waals surface area contributed by atoms with E-state index in [0.29, 0.717) is 18.8 Å². The van der Waals surface area contributed by atoms with Gasteiger partial charge < -0.3 is 19.3 Å². The molecule has 0 unspecified atom stereocenters. The maximum Gasteiger partial charge on any atom is 0.328 e. The van der Waals surface area contributed by atoms with Gasteiger partial charge in [-0.15, -0.1) is 0 Å². The smallest absolute Gasteiger partial charge is 0.328 e. The van der Waals surface area contributed by atoms with Gasteiger partial charge in [0, 0.05) is 19.3 Å². The Balaban J connectivity index is 2.26. The average molecular weight is 252 g/mol. The van der Waals surface area contributed by atoms with E-state index in [1.54, 1.807) is 17.7 Å². The Morgan fingerprint density at radius 2 is 2.17 bits per heavy atom. The van der Waals surface area contributed by atoms with Crippen LogP contribution >= 0.6 is 0 Å². The number of carboxylic acids is 1. The van der Waals surface area contributed by atoms with E-state index in [0.717, 1.165) is 5.69 Å². The summed E-state index contributed by atoms with van der Waals surface area (Å²) < 4.78 is 6.87. The molecule has 0 saturated carbocycles. The molecule has 18 heavy (non-hydrogen) atoms. The predicted octanol–water partition coefficient (Wildman–Crippen LogP) is 0.259. The molecule has 1 atom stereocenters. The summed E-state index contributed by atoms with van der Waals surface area (Å²) in [7, 11) is 1.79. The van der Waals surface area contributed by atoms with Crippen LogP contribution in [0.25, 0.3) is 0 Å². The molecule has 6 heteroatoms. The fourth-order valence-electron chi connectivity index (χ4n) is 2.03. The third-order valence-electron chi connectivity index (χ3n) is 3.27. The maximum absolute atomic E-state index is 12.3. The first-order valence-electron chi connectivity index (χ1n) is 5.76. The van der Waals surface area contributed by atoms with Gasteiger partial charge in [-0.3, -0.25) is 4.79 Å². The Hall–Kier alpha value is -1.82. The van der Waals surface area contributed by atoms with Crippen LogP contribution in [-0.4, -0.2) is 52.3 Å². The molecule has 0 spiro atoms. The van der Waals surface area contributed by atoms with E-state index in [1.165, 1.54) is 4.90 Å². The average Bonchev–Trinajstić information content (AvgIpc) is 2.69. The van der Waals surface area contributed by atoms with Crippen molar-refractivity contribution in [1.29, 1.82) is 0 Å². The number of aryl methyl sites for hydroxylation is 1. The second-order valence-electron chi connectivity index (χ2n) is 4.35. The number of morpholine rings is 1. The molecule has 98 valence electrons. The number of ether oxygens (including phenoxy) is 1. The van der Waals surface area contributed by atoms with Gasteiger partial charge in [0.05, 0.1) is 13.2 Å². The first kappa shape index (κ1) is 12.6. The molecule has 1 saturated heterocycles. The summed E-state index contributed by atoms with van der Waals surface area (Å²) in [6, 6.07) is 2.65. The number of nitrogens with zero attached hydrogens (tertiary/aromatic N) is 2. The van der Waals surface area contributed by atoms with E-state index in [-0.39, 0.29) is 12.5 Å². The minimum absolute atomic E-state index is 0.0461. The molecule has 1 aliphatic rings. The van der Waals surface area contributed by atoms with Gasteiger partial charge in [-0.05, 0) is 19.1 Å². The van der Waals surface area contributed by atoms with Crippen molar-refractivity contribution in [3.05, 3.63) is 23.5 Å². The maximum atomic E-state index is 12.3. The van der Waals surface area contributed by atoms with Crippen LogP contribution in [0.2, 0.25) is 0 Å². The van der Waals surface area contributed by atoms with Crippen LogP contribution in [0.15, 0.2) is 12.1 Å². The third kappa shape index (κ3) is 2.11. The van der Waals surface area contributed by atoms with Crippen molar-refractivity contribution >= 4 is 11.9 Å². The summed E-state index contributed by atoms with van der Waals surface area (Å²) in [6.07, 6.45) is 0. The Bertz CT molecular complexity index is 480. The quantitative estimate of drug-likeness (QED) is 0.819. The number of rotatable bonds is 2. The molecule has 1 fully saturated rings. The molecule has 1 aromatic heterocycles. The van der Waals surface area contributed by atoms with Crippen molar-refractivity contribution in [3.8, 4) is 0 Å². The molecule has 1 aliphatic heterocycles. The summed E-state index contributed by atoms with van der Waals surface area (Å²) in [4.78, 5) is 24.8. The fourth-order valence-corrected chi connectivity index (χ4v) is 2.03. The number of carbonyl (C=O) groups is 2. The molecule has 6 nitrogen and oxygen atoms in total. The predicted molar refractivity (Wildman–Crippen MR) is 63.4 cm³/mol. The zero-order valence-corrected chi connectivity index (χ0v) is 10.4. The van der Waals surface area contributed by atoms with E-state index in [2.05, 4.69) is 0 Å². The van der Waals surface area contributed by atoms with Gasteiger partial charge in [-0.1, -0.05) is 0 Å². The van der Waals surface area contributed by atoms with Crippen molar-refractivity contribution in [2.45, 2.75) is 13.0 Å². The summed E-state index contributed by atoms with van der Waals surface area (Å²) >= 11 is 0. The molecule has 1 amide bonds. The lowest BCUT2D eigenvalue weighted by Crippen LogP contribution is -2.52. The lowest BCUT2D eigenvalue weighted by atomic mass is 10.2. The summed E-state index contributed by atoms with van der Waals surface area (Å²) in [5, 5.41) is 9.10. The van der Waals surface area contributed by atoms with Crippen molar-refractivity contribution in [1.82, 2.24) is 9.47 Å². The number of aliphatic carboxylic acids is 1. The Kier molecular flexibility index (Phi) is 3.38. The van der Waals surface area contributed by atoms with Gasteiger partial charge in [0.25, 0.3) is 5.91 Å². The Labute approximate surface area is 105 Å². The summed E-state index contributed by atoms with van der Waals surface area (Å²) in [6.45, 7) is 2.62. The standard InChI is InChI=1S/C12H16N2O4/c1-8-3-4-9(13(8)2)11(15)14-5-6-18-7-10(14)12(16)17/h3-4,10H,5-7H2,1-2H3,(H,16,17)/t10-/m1/s1. The highest BCUT2D eigenvalue weighted by atomic mass is 16.5. The SMILES string of the molecule is Cc1ccc(C(=O)N2CCOC[C@@H]2C(=O)O)n1C. The van der Waals surface area contributed by atoms with Crippen molar-refractivity contribution in [2.24, 2.45) is 7.05 Å². The van der Waals surface area contributed by atoms with Crippen LogP contribution in [0, 0.1) is 6.92 Å². The van der Waals surface area contributed by atoms with Crippen LogP contribution in [-0.2, 0) is 16.6 Å². The van der Waals surface area contributed by atoms with Gasteiger partial charge in [-0.2, -0.15) is 0 Å². The second kappa shape index (κ2) is 4.81. The zero-order chi connectivity index (χ0) is 13.3. The van der Waals surface area contributed by atoms with Gasteiger partial charge in [0.2, 0.25) is 0 Å². The molecule has 0 radical (unpaired) electrons. The molecule has 2 heterocycles. The normalized spacial score (nSPS) is 19.9. The second-order valence-corrected chi connectivity index (χ2v) is 4.35. The minimum atomic E-state index is -1.03. The number of aromatic nitrogens is 1. The van der Waals surface area contributed by atoms with Crippen LogP contribution in [0.5, 0.6) is 0 Å². The Morgan fingerprint density at radius 3 is 2.72 bits per heavy atom. The van der Waals surface area contributed by atoms with Crippen molar-refractivity contribution in [2.75, 3.05) is 19.8 Å². The molecular weight excluding hydrogens is 236 g/mol. The van der Waals surface area contributed by atoms with Crippen molar-refractivity contribution in [3.63, 3.8) is 0 Å². The topological polar surface area (TPSA) is 71.8 Å². The molecule has 2 rings (SSSR count). The first-order chi connectivity index (χ1) is 8.52. The largest absolute Gasteiger partial charge is 0.480 e. The highest BCUT2D eigenvalue weighted by Gasteiger charge is 2.34. The van der Waals surface area contributed by atoms with E-state index < -0.39 is 12.0 Å². The van der Waals surface area contributed by atoms with E-state index >= 15 is 0 Å². The van der Waals surface area contributed by atoms with Crippen LogP contribution < -0.4 is 0 Å². The highest BCUT2D eigenvalue weighted by molar-refractivity contribution is 5.95. The lowest BCUT2D eigenvalue weighted by molar-refractivity contribution is -0.147. The molecule has 0 aliphatic carbocycles. The van der Waals surface area contributed by atoms with Crippen LogP contribution in [0.1, 0.15) is 16.2 Å². The molecule has 0 aromatic carbocycles. The summed E-state index contributed by atoms with van der Waals surface area (Å²) in [5.41, 5.74) is 1.46. The highest BCUT2D eigenvalue weighted by Crippen LogP contribution is 2.14. The third-order valence-corrected chi connectivity index (χ3v) is 3.27. The monoisotopic (exact) mass is 252 g/mol. The van der Waals surface area contributed by atoms with Crippen molar-refractivity contribution < 1.29 is 19.4 Å². The zero-order valence-electron chi connectivity index (χ0n) is 10.4. The minimum Gasteiger partial charge on any atom is -0.480 e. The van der Waals surface area contributed by atoms with Crippen LogP contribution in [0.3, 0.4) is 0 Å². The number of hydrogen-bond acceptors (Lipinski definition) is 3. The summed E-state index contributed by atoms with van der Waals surface area (Å²) in [5.74, 6) is -1.30. The fraction of sp³-hybridized carbons (Fsp3) is 0.500. The molecular formula is C12H16N2O4. The van der Waals surface area contributed by atoms with Gasteiger partial charge in [-0.25, -0.2) is 4.79 Å². The van der Waals surface area contributed by atoms with E-state index in [1.807, 2.05) is 13.0 Å².